The summed E-state index contributed by atoms with van der Waals surface area (Å²) in [5, 5.41) is 3.32. The number of anilines is 1. The van der Waals surface area contributed by atoms with E-state index in [1.807, 2.05) is 0 Å². The van der Waals surface area contributed by atoms with Gasteiger partial charge in [0.05, 0.1) is 0 Å². The lowest BCUT2D eigenvalue weighted by atomic mass is 9.90. The van der Waals surface area contributed by atoms with Crippen LogP contribution in [0.25, 0.3) is 0 Å². The van der Waals surface area contributed by atoms with Crippen LogP contribution in [0.1, 0.15) is 30.2 Å². The van der Waals surface area contributed by atoms with Crippen molar-refractivity contribution >= 4 is 22.4 Å². The van der Waals surface area contributed by atoms with E-state index in [1.54, 1.807) is 6.20 Å². The van der Waals surface area contributed by atoms with E-state index in [9.17, 15) is 13.6 Å². The minimum absolute atomic E-state index is 0.115. The first kappa shape index (κ1) is 17.9. The lowest BCUT2D eigenvalue weighted by Gasteiger charge is -2.31. The molecular weight excluding hydrogens is 344 g/mol. The number of piperidine rings is 1. The van der Waals surface area contributed by atoms with Crippen molar-refractivity contribution in [1.82, 2.24) is 9.88 Å². The molecule has 0 saturated carbocycles. The summed E-state index contributed by atoms with van der Waals surface area (Å²) in [5.41, 5.74) is 0.735. The van der Waals surface area contributed by atoms with Gasteiger partial charge < -0.3 is 5.32 Å². The quantitative estimate of drug-likeness (QED) is 0.876. The molecule has 4 nitrogen and oxygen atoms in total. The average molecular weight is 365 g/mol. The van der Waals surface area contributed by atoms with Crippen LogP contribution in [0, 0.1) is 17.6 Å². The van der Waals surface area contributed by atoms with Crippen LogP contribution in [0.3, 0.4) is 0 Å². The molecule has 1 aliphatic rings. The molecule has 0 radical (unpaired) electrons. The van der Waals surface area contributed by atoms with E-state index in [-0.39, 0.29) is 5.91 Å². The third kappa shape index (κ3) is 5.31. The number of amides is 1. The van der Waals surface area contributed by atoms with Gasteiger partial charge in [-0.3, -0.25) is 9.69 Å². The number of hydrogen-bond donors (Lipinski definition) is 1. The number of hydrogen-bond acceptors (Lipinski definition) is 4. The summed E-state index contributed by atoms with van der Waals surface area (Å²) in [5.74, 6) is -0.676. The molecule has 1 fully saturated rings. The molecule has 0 aliphatic carbocycles. The molecule has 0 atom stereocenters. The number of rotatable bonds is 5. The van der Waals surface area contributed by atoms with Gasteiger partial charge in [-0.1, -0.05) is 0 Å². The van der Waals surface area contributed by atoms with Crippen LogP contribution in [0.15, 0.2) is 24.4 Å². The van der Waals surface area contributed by atoms with Gasteiger partial charge in [0.25, 0.3) is 0 Å². The van der Waals surface area contributed by atoms with Gasteiger partial charge in [-0.05, 0) is 56.0 Å². The maximum Gasteiger partial charge on any atom is 0.223 e. The second kappa shape index (κ2) is 8.01. The van der Waals surface area contributed by atoms with Crippen molar-refractivity contribution in [2.75, 3.05) is 18.4 Å². The Morgan fingerprint density at radius 3 is 2.60 bits per heavy atom. The van der Waals surface area contributed by atoms with Gasteiger partial charge in [-0.15, -0.1) is 11.3 Å². The molecule has 7 heteroatoms. The highest BCUT2D eigenvalue weighted by atomic mass is 32.1. The Kier molecular flexibility index (Phi) is 5.75. The Bertz CT molecular complexity index is 721. The van der Waals surface area contributed by atoms with E-state index in [0.29, 0.717) is 11.0 Å². The first-order chi connectivity index (χ1) is 12.0. The van der Waals surface area contributed by atoms with Gasteiger partial charge in [0.1, 0.15) is 11.6 Å². The van der Waals surface area contributed by atoms with Crippen LogP contribution in [0.2, 0.25) is 0 Å². The minimum atomic E-state index is -0.507. The van der Waals surface area contributed by atoms with Crippen LogP contribution in [-0.2, 0) is 17.8 Å². The molecule has 1 aromatic carbocycles. The number of benzene rings is 1. The third-order valence-corrected chi connectivity index (χ3v) is 5.27. The largest absolute Gasteiger partial charge is 0.302 e. The SMILES string of the molecule is CC(=O)Nc1ncc(CN2CCC(Cc3cc(F)cc(F)c3)CC2)s1. The lowest BCUT2D eigenvalue weighted by Crippen LogP contribution is -2.33. The zero-order valence-electron chi connectivity index (χ0n) is 14.1. The topological polar surface area (TPSA) is 45.2 Å². The number of carbonyl (C=O) groups excluding carboxylic acids is 1. The van der Waals surface area contributed by atoms with Crippen LogP contribution < -0.4 is 5.32 Å². The van der Waals surface area contributed by atoms with Gasteiger partial charge in [0, 0.05) is 30.6 Å². The normalized spacial score (nSPS) is 16.1. The minimum Gasteiger partial charge on any atom is -0.302 e. The van der Waals surface area contributed by atoms with Crippen LogP contribution >= 0.6 is 11.3 Å². The van der Waals surface area contributed by atoms with Crippen LogP contribution in [0.4, 0.5) is 13.9 Å². The number of nitrogens with zero attached hydrogens (tertiary/aromatic N) is 2. The molecule has 0 spiro atoms. The fourth-order valence-electron chi connectivity index (χ4n) is 3.22. The maximum absolute atomic E-state index is 13.3. The van der Waals surface area contributed by atoms with Crippen molar-refractivity contribution in [3.05, 3.63) is 46.5 Å². The molecule has 1 saturated heterocycles. The molecule has 1 amide bonds. The number of halogens is 2. The first-order valence-corrected chi connectivity index (χ1v) is 9.19. The Morgan fingerprint density at radius 1 is 1.28 bits per heavy atom. The van der Waals surface area contributed by atoms with Crippen molar-refractivity contribution < 1.29 is 13.6 Å². The van der Waals surface area contributed by atoms with Gasteiger partial charge >= 0.3 is 0 Å². The van der Waals surface area contributed by atoms with E-state index >= 15 is 0 Å². The summed E-state index contributed by atoms with van der Waals surface area (Å²) >= 11 is 1.49. The number of carbonyl (C=O) groups is 1. The fraction of sp³-hybridized carbons (Fsp3) is 0.444. The number of nitrogens with one attached hydrogen (secondary N) is 1. The molecule has 1 aromatic heterocycles. The zero-order valence-corrected chi connectivity index (χ0v) is 14.9. The highest BCUT2D eigenvalue weighted by Gasteiger charge is 2.20. The van der Waals surface area contributed by atoms with Crippen LogP contribution in [0.5, 0.6) is 0 Å². The Hall–Kier alpha value is -1.86. The molecule has 1 aliphatic heterocycles. The maximum atomic E-state index is 13.3. The monoisotopic (exact) mass is 365 g/mol. The highest BCUT2D eigenvalue weighted by Crippen LogP contribution is 2.25. The summed E-state index contributed by atoms with van der Waals surface area (Å²) in [4.78, 5) is 18.7. The van der Waals surface area contributed by atoms with Crippen molar-refractivity contribution in [3.63, 3.8) is 0 Å². The standard InChI is InChI=1S/C18H21F2N3OS/c1-12(24)22-18-21-10-17(25-18)11-23-4-2-13(3-5-23)6-14-7-15(19)9-16(20)8-14/h7-10,13H,2-6,11H2,1H3,(H,21,22,24). The third-order valence-electron chi connectivity index (χ3n) is 4.37. The van der Waals surface area contributed by atoms with E-state index in [4.69, 9.17) is 0 Å². The molecule has 25 heavy (non-hydrogen) atoms. The molecule has 0 unspecified atom stereocenters. The Labute approximate surface area is 149 Å². The summed E-state index contributed by atoms with van der Waals surface area (Å²) < 4.78 is 26.6. The number of aromatic nitrogens is 1. The zero-order chi connectivity index (χ0) is 17.8. The molecule has 2 heterocycles. The predicted octanol–water partition coefficient (Wildman–Crippen LogP) is 3.83. The van der Waals surface area contributed by atoms with E-state index < -0.39 is 11.6 Å². The van der Waals surface area contributed by atoms with Gasteiger partial charge in [-0.2, -0.15) is 0 Å². The average Bonchev–Trinajstić information content (AvgIpc) is 2.94. The summed E-state index contributed by atoms with van der Waals surface area (Å²) in [6, 6.07) is 3.77. The summed E-state index contributed by atoms with van der Waals surface area (Å²) in [7, 11) is 0. The molecule has 134 valence electrons. The van der Waals surface area contributed by atoms with E-state index in [1.165, 1.54) is 30.4 Å². The van der Waals surface area contributed by atoms with Gasteiger partial charge in [-0.25, -0.2) is 13.8 Å². The second-order valence-corrected chi connectivity index (χ2v) is 7.63. The summed E-state index contributed by atoms with van der Waals surface area (Å²) in [6.45, 7) is 4.19. The van der Waals surface area contributed by atoms with Crippen molar-refractivity contribution in [2.24, 2.45) is 5.92 Å². The first-order valence-electron chi connectivity index (χ1n) is 8.37. The van der Waals surface area contributed by atoms with Crippen molar-refractivity contribution in [3.8, 4) is 0 Å². The molecule has 2 aromatic rings. The van der Waals surface area contributed by atoms with Gasteiger partial charge in [0.15, 0.2) is 5.13 Å². The summed E-state index contributed by atoms with van der Waals surface area (Å²) in [6.07, 6.45) is 4.54. The second-order valence-electron chi connectivity index (χ2n) is 6.51. The predicted molar refractivity (Wildman–Crippen MR) is 94.5 cm³/mol. The fourth-order valence-corrected chi connectivity index (χ4v) is 4.12. The van der Waals surface area contributed by atoms with E-state index in [0.717, 1.165) is 55.4 Å². The lowest BCUT2D eigenvalue weighted by molar-refractivity contribution is -0.114. The number of thiazole rings is 1. The number of likely N-dealkylation sites (tertiary alicyclic amines) is 1. The van der Waals surface area contributed by atoms with Crippen molar-refractivity contribution in [1.29, 1.82) is 0 Å². The van der Waals surface area contributed by atoms with Crippen molar-refractivity contribution in [2.45, 2.75) is 32.7 Å². The smallest absolute Gasteiger partial charge is 0.223 e. The molecule has 1 N–H and O–H groups in total. The van der Waals surface area contributed by atoms with Gasteiger partial charge in [0.2, 0.25) is 5.91 Å². The Morgan fingerprint density at radius 2 is 1.96 bits per heavy atom. The molecular formula is C18H21F2N3OS. The Balaban J connectivity index is 1.48. The van der Waals surface area contributed by atoms with E-state index in [2.05, 4.69) is 15.2 Å². The molecule has 0 bridgehead atoms. The van der Waals surface area contributed by atoms with Crippen LogP contribution in [-0.4, -0.2) is 28.9 Å². The highest BCUT2D eigenvalue weighted by molar-refractivity contribution is 7.15. The molecule has 3 rings (SSSR count).